The summed E-state index contributed by atoms with van der Waals surface area (Å²) >= 11 is 0. The van der Waals surface area contributed by atoms with Gasteiger partial charge < -0.3 is 9.47 Å². The molecule has 3 aromatic carbocycles. The van der Waals surface area contributed by atoms with Gasteiger partial charge in [-0.05, 0) is 53.6 Å². The molecule has 4 nitrogen and oxygen atoms in total. The van der Waals surface area contributed by atoms with Crippen molar-refractivity contribution in [3.8, 4) is 11.5 Å². The van der Waals surface area contributed by atoms with Crippen LogP contribution >= 0.6 is 0 Å². The van der Waals surface area contributed by atoms with E-state index < -0.39 is 0 Å². The molecule has 30 heavy (non-hydrogen) atoms. The molecule has 0 bridgehead atoms. The number of hydrogen-bond donors (Lipinski definition) is 0. The number of carbonyl (C=O) groups is 2. The lowest BCUT2D eigenvalue weighted by atomic mass is 10.1. The van der Waals surface area contributed by atoms with E-state index in [2.05, 4.69) is 0 Å². The normalized spacial score (nSPS) is 11.0. The molecule has 0 aliphatic heterocycles. The Labute approximate surface area is 176 Å². The molecule has 3 rings (SSSR count). The highest BCUT2D eigenvalue weighted by atomic mass is 16.5. The minimum absolute atomic E-state index is 0.108. The first-order chi connectivity index (χ1) is 14.6. The van der Waals surface area contributed by atoms with Crippen molar-refractivity contribution in [1.29, 1.82) is 0 Å². The van der Waals surface area contributed by atoms with E-state index in [4.69, 9.17) is 9.47 Å². The molecule has 0 aliphatic rings. The smallest absolute Gasteiger partial charge is 0.185 e. The molecule has 0 spiro atoms. The topological polar surface area (TPSA) is 52.6 Å². The SMILES string of the molecule is COc1cccc(C(=O)C=Cc2cccc(C=CC(=O)c3cccc(OC)c3)c2)c1. The molecule has 0 unspecified atom stereocenters. The van der Waals surface area contributed by atoms with Crippen LogP contribution in [-0.2, 0) is 0 Å². The number of allylic oxidation sites excluding steroid dienone is 2. The number of methoxy groups -OCH3 is 2. The fourth-order valence-electron chi connectivity index (χ4n) is 2.86. The number of ketones is 2. The van der Waals surface area contributed by atoms with Crippen molar-refractivity contribution in [2.75, 3.05) is 14.2 Å². The molecule has 150 valence electrons. The molecule has 0 aromatic heterocycles. The van der Waals surface area contributed by atoms with Gasteiger partial charge >= 0.3 is 0 Å². The molecule has 0 saturated heterocycles. The highest BCUT2D eigenvalue weighted by Gasteiger charge is 2.04. The van der Waals surface area contributed by atoms with Crippen LogP contribution in [0.5, 0.6) is 11.5 Å². The maximum Gasteiger partial charge on any atom is 0.185 e. The summed E-state index contributed by atoms with van der Waals surface area (Å²) in [5.74, 6) is 1.07. The van der Waals surface area contributed by atoms with Crippen molar-refractivity contribution in [2.45, 2.75) is 0 Å². The summed E-state index contributed by atoms with van der Waals surface area (Å²) in [5, 5.41) is 0. The van der Waals surface area contributed by atoms with Crippen LogP contribution in [0.1, 0.15) is 31.8 Å². The minimum atomic E-state index is -0.108. The number of rotatable bonds is 8. The largest absolute Gasteiger partial charge is 0.497 e. The second-order valence-electron chi connectivity index (χ2n) is 6.53. The highest BCUT2D eigenvalue weighted by molar-refractivity contribution is 6.07. The summed E-state index contributed by atoms with van der Waals surface area (Å²) in [6, 6.07) is 21.6. The van der Waals surface area contributed by atoms with Crippen LogP contribution in [0.3, 0.4) is 0 Å². The Balaban J connectivity index is 1.70. The molecular formula is C26H22O4. The summed E-state index contributed by atoms with van der Waals surface area (Å²) in [7, 11) is 3.13. The van der Waals surface area contributed by atoms with Gasteiger partial charge in [-0.1, -0.05) is 54.6 Å². The van der Waals surface area contributed by atoms with Gasteiger partial charge in [0, 0.05) is 11.1 Å². The monoisotopic (exact) mass is 398 g/mol. The zero-order valence-electron chi connectivity index (χ0n) is 16.9. The van der Waals surface area contributed by atoms with Gasteiger partial charge in [0.2, 0.25) is 0 Å². The predicted molar refractivity (Wildman–Crippen MR) is 119 cm³/mol. The van der Waals surface area contributed by atoms with Crippen LogP contribution in [0.2, 0.25) is 0 Å². The summed E-state index contributed by atoms with van der Waals surface area (Å²) in [6.07, 6.45) is 6.56. The van der Waals surface area contributed by atoms with E-state index >= 15 is 0 Å². The molecule has 3 aromatic rings. The van der Waals surface area contributed by atoms with Gasteiger partial charge in [-0.15, -0.1) is 0 Å². The summed E-state index contributed by atoms with van der Waals surface area (Å²) in [6.45, 7) is 0. The molecule has 0 atom stereocenters. The van der Waals surface area contributed by atoms with Gasteiger partial charge in [0.15, 0.2) is 11.6 Å². The quantitative estimate of drug-likeness (QED) is 0.372. The first-order valence-electron chi connectivity index (χ1n) is 9.42. The van der Waals surface area contributed by atoms with Crippen molar-refractivity contribution < 1.29 is 19.1 Å². The third-order valence-electron chi connectivity index (χ3n) is 4.47. The van der Waals surface area contributed by atoms with E-state index in [-0.39, 0.29) is 11.6 Å². The van der Waals surface area contributed by atoms with Crippen LogP contribution in [0.4, 0.5) is 0 Å². The Kier molecular flexibility index (Phi) is 6.95. The van der Waals surface area contributed by atoms with Crippen LogP contribution in [-0.4, -0.2) is 25.8 Å². The molecule has 0 N–H and O–H groups in total. The number of hydrogen-bond acceptors (Lipinski definition) is 4. The maximum absolute atomic E-state index is 12.4. The molecule has 0 radical (unpaired) electrons. The molecule has 0 saturated carbocycles. The van der Waals surface area contributed by atoms with Crippen LogP contribution < -0.4 is 9.47 Å². The van der Waals surface area contributed by atoms with Crippen LogP contribution in [0.15, 0.2) is 84.9 Å². The molecule has 0 heterocycles. The van der Waals surface area contributed by atoms with Gasteiger partial charge in [-0.3, -0.25) is 9.59 Å². The fraction of sp³-hybridized carbons (Fsp3) is 0.0769. The number of benzene rings is 3. The summed E-state index contributed by atoms with van der Waals surface area (Å²) < 4.78 is 10.3. The van der Waals surface area contributed by atoms with E-state index in [0.29, 0.717) is 22.6 Å². The molecule has 4 heteroatoms. The maximum atomic E-state index is 12.4. The lowest BCUT2D eigenvalue weighted by Crippen LogP contribution is -1.95. The van der Waals surface area contributed by atoms with Gasteiger partial charge in [0.1, 0.15) is 11.5 Å². The average Bonchev–Trinajstić information content (AvgIpc) is 2.81. The second kappa shape index (κ2) is 10.0. The Morgan fingerprint density at radius 3 is 1.50 bits per heavy atom. The lowest BCUT2D eigenvalue weighted by Gasteiger charge is -2.02. The number of carbonyl (C=O) groups excluding carboxylic acids is 2. The zero-order chi connectivity index (χ0) is 21.3. The first-order valence-corrected chi connectivity index (χ1v) is 9.42. The molecule has 0 amide bonds. The Morgan fingerprint density at radius 2 is 1.07 bits per heavy atom. The third kappa shape index (κ3) is 5.55. The Hall–Kier alpha value is -3.92. The average molecular weight is 398 g/mol. The zero-order valence-corrected chi connectivity index (χ0v) is 16.9. The highest BCUT2D eigenvalue weighted by Crippen LogP contribution is 2.16. The van der Waals surface area contributed by atoms with Gasteiger partial charge in [0.05, 0.1) is 14.2 Å². The van der Waals surface area contributed by atoms with Crippen LogP contribution in [0, 0.1) is 0 Å². The Bertz CT molecular complexity index is 1020. The molecular weight excluding hydrogens is 376 g/mol. The van der Waals surface area contributed by atoms with E-state index in [9.17, 15) is 9.59 Å². The lowest BCUT2D eigenvalue weighted by molar-refractivity contribution is 0.103. The second-order valence-corrected chi connectivity index (χ2v) is 6.53. The fourth-order valence-corrected chi connectivity index (χ4v) is 2.86. The molecule has 0 fully saturated rings. The van der Waals surface area contributed by atoms with Gasteiger partial charge in [-0.2, -0.15) is 0 Å². The van der Waals surface area contributed by atoms with E-state index in [1.807, 2.05) is 24.3 Å². The van der Waals surface area contributed by atoms with E-state index in [0.717, 1.165) is 11.1 Å². The summed E-state index contributed by atoms with van der Waals surface area (Å²) in [4.78, 5) is 24.8. The van der Waals surface area contributed by atoms with Crippen molar-refractivity contribution in [1.82, 2.24) is 0 Å². The molecule has 0 aliphatic carbocycles. The van der Waals surface area contributed by atoms with Crippen molar-refractivity contribution >= 4 is 23.7 Å². The van der Waals surface area contributed by atoms with Crippen molar-refractivity contribution in [2.24, 2.45) is 0 Å². The minimum Gasteiger partial charge on any atom is -0.497 e. The standard InChI is InChI=1S/C26H22O4/c1-29-23-10-4-8-21(17-23)25(27)14-12-19-6-3-7-20(16-19)13-15-26(28)22-9-5-11-24(18-22)30-2/h3-18H,1-2H3. The Morgan fingerprint density at radius 1 is 0.633 bits per heavy atom. The van der Waals surface area contributed by atoms with Gasteiger partial charge in [-0.25, -0.2) is 0 Å². The number of ether oxygens (including phenoxy) is 2. The first kappa shape index (κ1) is 20.8. The predicted octanol–water partition coefficient (Wildman–Crippen LogP) is 5.50. The third-order valence-corrected chi connectivity index (χ3v) is 4.47. The van der Waals surface area contributed by atoms with Crippen molar-refractivity contribution in [3.63, 3.8) is 0 Å². The van der Waals surface area contributed by atoms with Gasteiger partial charge in [0.25, 0.3) is 0 Å². The van der Waals surface area contributed by atoms with E-state index in [1.165, 1.54) is 12.2 Å². The van der Waals surface area contributed by atoms with Crippen LogP contribution in [0.25, 0.3) is 12.2 Å². The van der Waals surface area contributed by atoms with Crippen molar-refractivity contribution in [3.05, 3.63) is 107 Å². The van der Waals surface area contributed by atoms with E-state index in [1.54, 1.807) is 74.9 Å². The summed E-state index contributed by atoms with van der Waals surface area (Å²) in [5.41, 5.74) is 2.85.